The monoisotopic (exact) mass is 331 g/mol. The average molecular weight is 331 g/mol. The highest BCUT2D eigenvalue weighted by Gasteiger charge is 2.19. The number of benzene rings is 1. The third-order valence-corrected chi connectivity index (χ3v) is 4.75. The van der Waals surface area contributed by atoms with E-state index in [1.165, 1.54) is 29.1 Å². The van der Waals surface area contributed by atoms with Crippen molar-refractivity contribution in [2.75, 3.05) is 5.32 Å². The number of amides is 1. The smallest absolute Gasteiger partial charge is 0.266 e. The van der Waals surface area contributed by atoms with Crippen LogP contribution in [0.1, 0.15) is 22.2 Å². The molecule has 0 aliphatic carbocycles. The predicted molar refractivity (Wildman–Crippen MR) is 88.6 cm³/mol. The van der Waals surface area contributed by atoms with Crippen LogP contribution >= 0.6 is 11.3 Å². The molecule has 1 aromatic carbocycles. The summed E-state index contributed by atoms with van der Waals surface area (Å²) in [5.41, 5.74) is 0.807. The van der Waals surface area contributed by atoms with Crippen LogP contribution in [0.4, 0.5) is 10.1 Å². The first kappa shape index (κ1) is 15.4. The molecule has 3 rings (SSSR count). The van der Waals surface area contributed by atoms with Gasteiger partial charge < -0.3 is 5.32 Å². The summed E-state index contributed by atoms with van der Waals surface area (Å²) in [6, 6.07) is 5.66. The van der Waals surface area contributed by atoms with Crippen LogP contribution in [0.15, 0.2) is 35.4 Å². The second kappa shape index (κ2) is 5.92. The Kier molecular flexibility index (Phi) is 3.96. The van der Waals surface area contributed by atoms with E-state index in [9.17, 15) is 14.0 Å². The zero-order valence-corrected chi connectivity index (χ0v) is 13.4. The molecule has 0 fully saturated rings. The average Bonchev–Trinajstić information content (AvgIpc) is 2.85. The fourth-order valence-electron chi connectivity index (χ4n) is 2.36. The second-order valence-electron chi connectivity index (χ2n) is 5.04. The molecule has 0 saturated carbocycles. The van der Waals surface area contributed by atoms with E-state index in [1.54, 1.807) is 13.0 Å². The Morgan fingerprint density at radius 1 is 1.43 bits per heavy atom. The minimum Gasteiger partial charge on any atom is -0.321 e. The molecule has 3 aromatic rings. The van der Waals surface area contributed by atoms with Crippen molar-refractivity contribution in [3.8, 4) is 0 Å². The van der Waals surface area contributed by atoms with Crippen molar-refractivity contribution in [2.45, 2.75) is 20.4 Å². The first-order chi connectivity index (χ1) is 11.0. The third kappa shape index (κ3) is 2.75. The molecule has 5 nitrogen and oxygen atoms in total. The van der Waals surface area contributed by atoms with Gasteiger partial charge in [0.15, 0.2) is 0 Å². The molecule has 1 amide bonds. The molecule has 1 N–H and O–H groups in total. The molecule has 0 spiro atoms. The van der Waals surface area contributed by atoms with E-state index in [0.29, 0.717) is 32.9 Å². The van der Waals surface area contributed by atoms with Crippen LogP contribution in [0.25, 0.3) is 10.2 Å². The van der Waals surface area contributed by atoms with E-state index >= 15 is 0 Å². The minimum atomic E-state index is -0.427. The van der Waals surface area contributed by atoms with Gasteiger partial charge in [0.05, 0.1) is 16.6 Å². The normalized spacial score (nSPS) is 10.9. The summed E-state index contributed by atoms with van der Waals surface area (Å²) in [6.45, 7) is 4.10. The van der Waals surface area contributed by atoms with Crippen molar-refractivity contribution < 1.29 is 9.18 Å². The number of aromatic nitrogens is 2. The van der Waals surface area contributed by atoms with Crippen LogP contribution in [-0.4, -0.2) is 15.5 Å². The Bertz CT molecular complexity index is 962. The Morgan fingerprint density at radius 2 is 2.22 bits per heavy atom. The summed E-state index contributed by atoms with van der Waals surface area (Å²) in [7, 11) is 0. The number of aryl methyl sites for hydroxylation is 2. The van der Waals surface area contributed by atoms with Gasteiger partial charge in [0.25, 0.3) is 11.5 Å². The van der Waals surface area contributed by atoms with Crippen molar-refractivity contribution >= 4 is 33.1 Å². The van der Waals surface area contributed by atoms with Crippen LogP contribution < -0.4 is 10.9 Å². The number of nitrogens with one attached hydrogen (secondary N) is 1. The Hall–Kier alpha value is -2.54. The molecule has 0 saturated heterocycles. The Balaban J connectivity index is 2.03. The lowest BCUT2D eigenvalue weighted by Gasteiger charge is -2.04. The molecule has 2 aromatic heterocycles. The molecule has 23 heavy (non-hydrogen) atoms. The maximum Gasteiger partial charge on any atom is 0.266 e. The van der Waals surface area contributed by atoms with E-state index in [-0.39, 0.29) is 11.5 Å². The van der Waals surface area contributed by atoms with E-state index in [0.717, 1.165) is 11.3 Å². The van der Waals surface area contributed by atoms with Gasteiger partial charge in [-0.1, -0.05) is 6.07 Å². The lowest BCUT2D eigenvalue weighted by molar-refractivity contribution is 0.103. The summed E-state index contributed by atoms with van der Waals surface area (Å²) in [6.07, 6.45) is 1.48. The zero-order chi connectivity index (χ0) is 16.6. The number of carbonyl (C=O) groups excluding carboxylic acids is 1. The predicted octanol–water partition coefficient (Wildman–Crippen LogP) is 3.18. The van der Waals surface area contributed by atoms with Gasteiger partial charge in [0.1, 0.15) is 10.6 Å². The van der Waals surface area contributed by atoms with Crippen LogP contribution in [0.2, 0.25) is 0 Å². The molecule has 0 radical (unpaired) electrons. The number of anilines is 1. The number of rotatable bonds is 3. The molecule has 0 atom stereocenters. The standard InChI is InChI=1S/C16H14FN3O2S/c1-3-20-8-18-15-12(16(20)22)9(2)13(23-15)14(21)19-11-6-4-5-10(17)7-11/h4-8H,3H2,1-2H3,(H,19,21). The molecule has 0 unspecified atom stereocenters. The number of thiophene rings is 1. The number of nitrogens with zero attached hydrogens (tertiary/aromatic N) is 2. The highest BCUT2D eigenvalue weighted by atomic mass is 32.1. The maximum absolute atomic E-state index is 13.2. The van der Waals surface area contributed by atoms with Gasteiger partial charge >= 0.3 is 0 Å². The summed E-state index contributed by atoms with van der Waals surface area (Å²) in [5.74, 6) is -0.804. The third-order valence-electron chi connectivity index (χ3n) is 3.55. The Labute approximate surface area is 135 Å². The van der Waals surface area contributed by atoms with Crippen molar-refractivity contribution in [1.82, 2.24) is 9.55 Å². The van der Waals surface area contributed by atoms with Crippen LogP contribution in [0.3, 0.4) is 0 Å². The highest BCUT2D eigenvalue weighted by molar-refractivity contribution is 7.20. The zero-order valence-electron chi connectivity index (χ0n) is 12.6. The number of hydrogen-bond acceptors (Lipinski definition) is 4. The van der Waals surface area contributed by atoms with Crippen molar-refractivity contribution in [2.24, 2.45) is 0 Å². The maximum atomic E-state index is 13.2. The molecule has 118 valence electrons. The number of carbonyl (C=O) groups is 1. The van der Waals surface area contributed by atoms with Gasteiger partial charge in [-0.25, -0.2) is 9.37 Å². The molecule has 0 bridgehead atoms. The van der Waals surface area contributed by atoms with Crippen molar-refractivity contribution in [3.05, 3.63) is 57.2 Å². The second-order valence-corrected chi connectivity index (χ2v) is 6.04. The Morgan fingerprint density at radius 3 is 2.91 bits per heavy atom. The van der Waals surface area contributed by atoms with E-state index in [1.807, 2.05) is 6.92 Å². The summed E-state index contributed by atoms with van der Waals surface area (Å²) in [5, 5.41) is 3.11. The van der Waals surface area contributed by atoms with Crippen LogP contribution in [0, 0.1) is 12.7 Å². The van der Waals surface area contributed by atoms with E-state index in [4.69, 9.17) is 0 Å². The van der Waals surface area contributed by atoms with Crippen LogP contribution in [-0.2, 0) is 6.54 Å². The van der Waals surface area contributed by atoms with E-state index in [2.05, 4.69) is 10.3 Å². The van der Waals surface area contributed by atoms with Crippen molar-refractivity contribution in [1.29, 1.82) is 0 Å². The van der Waals surface area contributed by atoms with Gasteiger partial charge in [0, 0.05) is 12.2 Å². The fraction of sp³-hybridized carbons (Fsp3) is 0.188. The number of fused-ring (bicyclic) bond motifs is 1. The molecular weight excluding hydrogens is 317 g/mol. The summed E-state index contributed by atoms with van der Waals surface area (Å²) in [4.78, 5) is 30.0. The van der Waals surface area contributed by atoms with Gasteiger partial charge in [0.2, 0.25) is 0 Å². The van der Waals surface area contributed by atoms with Gasteiger partial charge in [-0.3, -0.25) is 14.2 Å². The largest absolute Gasteiger partial charge is 0.321 e. The summed E-state index contributed by atoms with van der Waals surface area (Å²) < 4.78 is 14.7. The topological polar surface area (TPSA) is 64.0 Å². The minimum absolute atomic E-state index is 0.156. The molecule has 0 aliphatic heterocycles. The van der Waals surface area contributed by atoms with E-state index < -0.39 is 5.82 Å². The number of halogens is 1. The molecule has 2 heterocycles. The lowest BCUT2D eigenvalue weighted by atomic mass is 10.2. The fourth-order valence-corrected chi connectivity index (χ4v) is 3.39. The SMILES string of the molecule is CCn1cnc2sc(C(=O)Nc3cccc(F)c3)c(C)c2c1=O. The molecular formula is C16H14FN3O2S. The highest BCUT2D eigenvalue weighted by Crippen LogP contribution is 2.27. The van der Waals surface area contributed by atoms with Crippen molar-refractivity contribution in [3.63, 3.8) is 0 Å². The first-order valence-corrected chi connectivity index (χ1v) is 7.88. The summed E-state index contributed by atoms with van der Waals surface area (Å²) >= 11 is 1.16. The quantitative estimate of drug-likeness (QED) is 0.802. The number of hydrogen-bond donors (Lipinski definition) is 1. The van der Waals surface area contributed by atoms with Gasteiger partial charge in [-0.2, -0.15) is 0 Å². The van der Waals surface area contributed by atoms with Gasteiger partial charge in [-0.05, 0) is 37.6 Å². The van der Waals surface area contributed by atoms with Crippen LogP contribution in [0.5, 0.6) is 0 Å². The molecule has 0 aliphatic rings. The molecule has 7 heteroatoms. The first-order valence-electron chi connectivity index (χ1n) is 7.06. The van der Waals surface area contributed by atoms with Gasteiger partial charge in [-0.15, -0.1) is 11.3 Å². The lowest BCUT2D eigenvalue weighted by Crippen LogP contribution is -2.19.